The van der Waals surface area contributed by atoms with Gasteiger partial charge in [0.2, 0.25) is 5.91 Å². The summed E-state index contributed by atoms with van der Waals surface area (Å²) >= 11 is 1.65. The van der Waals surface area contributed by atoms with Crippen LogP contribution in [0.5, 0.6) is 0 Å². The number of carbonyl (C=O) groups is 2. The van der Waals surface area contributed by atoms with Crippen LogP contribution in [0.4, 0.5) is 5.69 Å². The van der Waals surface area contributed by atoms with E-state index in [9.17, 15) is 9.59 Å². The van der Waals surface area contributed by atoms with E-state index >= 15 is 0 Å². The molecule has 0 bridgehead atoms. The number of anilines is 1. The third kappa shape index (κ3) is 2.31. The minimum absolute atomic E-state index is 0.175. The Morgan fingerprint density at radius 2 is 2.07 bits per heavy atom. The number of nitrogens with one attached hydrogen (secondary N) is 1. The zero-order chi connectivity index (χ0) is 19.6. The van der Waals surface area contributed by atoms with E-state index in [4.69, 9.17) is 0 Å². The average Bonchev–Trinajstić information content (AvgIpc) is 3.35. The fraction of sp³-hybridized carbons (Fsp3) is 0.273. The second-order valence-electron chi connectivity index (χ2n) is 7.66. The monoisotopic (exact) mass is 391 g/mol. The van der Waals surface area contributed by atoms with E-state index in [1.165, 1.54) is 11.8 Å². The van der Waals surface area contributed by atoms with Crippen molar-refractivity contribution >= 4 is 39.7 Å². The smallest absolute Gasteiger partial charge is 0.259 e. The molecule has 0 radical (unpaired) electrons. The summed E-state index contributed by atoms with van der Waals surface area (Å²) in [4.78, 5) is 27.8. The molecular weight excluding hydrogens is 370 g/mol. The Morgan fingerprint density at radius 1 is 1.25 bits per heavy atom. The molecule has 1 N–H and O–H groups in total. The fourth-order valence-electron chi connectivity index (χ4n) is 4.41. The lowest BCUT2D eigenvalue weighted by molar-refractivity contribution is -0.139. The molecule has 0 saturated carbocycles. The second kappa shape index (κ2) is 6.07. The highest BCUT2D eigenvalue weighted by Crippen LogP contribution is 2.47. The number of rotatable bonds is 2. The first-order valence-corrected chi connectivity index (χ1v) is 10.3. The largest absolute Gasteiger partial charge is 0.356 e. The Bertz CT molecular complexity index is 1150. The van der Waals surface area contributed by atoms with Gasteiger partial charge in [-0.2, -0.15) is 0 Å². The van der Waals surface area contributed by atoms with Gasteiger partial charge in [0.05, 0.1) is 23.6 Å². The first-order valence-electron chi connectivity index (χ1n) is 9.46. The van der Waals surface area contributed by atoms with Crippen molar-refractivity contribution < 1.29 is 9.59 Å². The van der Waals surface area contributed by atoms with Crippen LogP contribution in [0.1, 0.15) is 43.2 Å². The van der Waals surface area contributed by atoms with Gasteiger partial charge in [-0.3, -0.25) is 14.5 Å². The highest BCUT2D eigenvalue weighted by atomic mass is 32.1. The molecule has 6 heteroatoms. The van der Waals surface area contributed by atoms with E-state index in [0.29, 0.717) is 18.2 Å². The molecule has 28 heavy (non-hydrogen) atoms. The highest BCUT2D eigenvalue weighted by molar-refractivity contribution is 7.10. The predicted octanol–water partition coefficient (Wildman–Crippen LogP) is 4.48. The van der Waals surface area contributed by atoms with Crippen molar-refractivity contribution in [2.24, 2.45) is 0 Å². The number of imide groups is 1. The average molecular weight is 391 g/mol. The number of hydrogen-bond acceptors (Lipinski definition) is 4. The van der Waals surface area contributed by atoms with E-state index in [2.05, 4.69) is 48.1 Å². The number of thiophene rings is 1. The number of aromatic nitrogens is 1. The zero-order valence-corrected chi connectivity index (χ0v) is 16.8. The van der Waals surface area contributed by atoms with Crippen molar-refractivity contribution in [3.05, 3.63) is 63.6 Å². The van der Waals surface area contributed by atoms with Crippen LogP contribution in [0.25, 0.3) is 10.9 Å². The molecule has 5 rings (SSSR count). The van der Waals surface area contributed by atoms with Crippen LogP contribution in [0.3, 0.4) is 0 Å². The Balaban J connectivity index is 1.82. The fourth-order valence-corrected chi connectivity index (χ4v) is 5.26. The maximum absolute atomic E-state index is 13.3. The van der Waals surface area contributed by atoms with Gasteiger partial charge in [-0.25, -0.2) is 0 Å². The molecule has 3 aromatic rings. The van der Waals surface area contributed by atoms with Gasteiger partial charge in [-0.15, -0.1) is 11.3 Å². The summed E-state index contributed by atoms with van der Waals surface area (Å²) in [5, 5.41) is 6.70. The topological polar surface area (TPSA) is 54.3 Å². The first-order chi connectivity index (χ1) is 13.5. The van der Waals surface area contributed by atoms with Crippen LogP contribution in [0.2, 0.25) is 0 Å². The molecule has 0 unspecified atom stereocenters. The Hall–Kier alpha value is -2.86. The highest BCUT2D eigenvalue weighted by Gasteiger charge is 2.42. The predicted molar refractivity (Wildman–Crippen MR) is 112 cm³/mol. The molecule has 0 saturated heterocycles. The lowest BCUT2D eigenvalue weighted by Gasteiger charge is -2.18. The van der Waals surface area contributed by atoms with Crippen LogP contribution in [-0.4, -0.2) is 27.8 Å². The molecule has 142 valence electrons. The summed E-state index contributed by atoms with van der Waals surface area (Å²) in [7, 11) is 0. The van der Waals surface area contributed by atoms with Gasteiger partial charge in [0, 0.05) is 40.8 Å². The van der Waals surface area contributed by atoms with Gasteiger partial charge < -0.3 is 9.88 Å². The molecule has 0 aliphatic carbocycles. The van der Waals surface area contributed by atoms with E-state index in [1.54, 1.807) is 11.3 Å². The minimum atomic E-state index is -0.219. The van der Waals surface area contributed by atoms with Crippen LogP contribution in [0.15, 0.2) is 53.2 Å². The second-order valence-corrected chi connectivity index (χ2v) is 8.64. The molecule has 1 aromatic carbocycles. The normalized spacial score (nSPS) is 18.6. The van der Waals surface area contributed by atoms with Crippen molar-refractivity contribution in [3.63, 3.8) is 0 Å². The molecule has 2 amide bonds. The van der Waals surface area contributed by atoms with Gasteiger partial charge in [0.1, 0.15) is 0 Å². The van der Waals surface area contributed by atoms with Crippen LogP contribution in [0, 0.1) is 0 Å². The number of hydrogen-bond donors (Lipinski definition) is 1. The SMILES string of the molecule is CC(=O)N1CC2=C(C1=O)[C@@H](c1cccs1)c1cn(C(C)C)c3cccc(c13)N2. The van der Waals surface area contributed by atoms with Gasteiger partial charge in [0.15, 0.2) is 0 Å². The molecule has 0 spiro atoms. The molecule has 5 nitrogen and oxygen atoms in total. The summed E-state index contributed by atoms with van der Waals surface area (Å²) in [6.45, 7) is 6.08. The maximum atomic E-state index is 13.3. The van der Waals surface area contributed by atoms with E-state index in [-0.39, 0.29) is 17.7 Å². The molecule has 2 aliphatic rings. The van der Waals surface area contributed by atoms with Crippen molar-refractivity contribution in [1.29, 1.82) is 0 Å². The summed E-state index contributed by atoms with van der Waals surface area (Å²) in [5.74, 6) is -0.583. The van der Waals surface area contributed by atoms with Gasteiger partial charge >= 0.3 is 0 Å². The van der Waals surface area contributed by atoms with Gasteiger partial charge in [-0.05, 0) is 43.0 Å². The van der Waals surface area contributed by atoms with Crippen molar-refractivity contribution in [1.82, 2.24) is 9.47 Å². The van der Waals surface area contributed by atoms with Crippen molar-refractivity contribution in [2.45, 2.75) is 32.7 Å². The summed E-state index contributed by atoms with van der Waals surface area (Å²) in [6.07, 6.45) is 2.19. The number of benzene rings is 1. The molecule has 0 fully saturated rings. The Labute approximate surface area is 167 Å². The van der Waals surface area contributed by atoms with Crippen molar-refractivity contribution in [2.75, 3.05) is 11.9 Å². The van der Waals surface area contributed by atoms with Crippen LogP contribution >= 0.6 is 11.3 Å². The number of nitrogens with zero attached hydrogens (tertiary/aromatic N) is 2. The molecule has 1 atom stereocenters. The third-order valence-corrected chi connectivity index (χ3v) is 6.59. The van der Waals surface area contributed by atoms with Crippen LogP contribution < -0.4 is 5.32 Å². The minimum Gasteiger partial charge on any atom is -0.356 e. The van der Waals surface area contributed by atoms with Crippen LogP contribution in [-0.2, 0) is 9.59 Å². The quantitative estimate of drug-likeness (QED) is 0.701. The summed E-state index contributed by atoms with van der Waals surface area (Å²) < 4.78 is 2.27. The summed E-state index contributed by atoms with van der Waals surface area (Å²) in [5.41, 5.74) is 4.80. The molecule has 4 heterocycles. The molecular formula is C22H21N3O2S. The van der Waals surface area contributed by atoms with E-state index in [1.807, 2.05) is 17.5 Å². The molecule has 2 aliphatic heterocycles. The first kappa shape index (κ1) is 17.3. The van der Waals surface area contributed by atoms with E-state index in [0.717, 1.165) is 32.7 Å². The van der Waals surface area contributed by atoms with E-state index < -0.39 is 0 Å². The Morgan fingerprint density at radius 3 is 2.75 bits per heavy atom. The van der Waals surface area contributed by atoms with Gasteiger partial charge in [-0.1, -0.05) is 12.1 Å². The van der Waals surface area contributed by atoms with Crippen molar-refractivity contribution in [3.8, 4) is 0 Å². The number of amides is 2. The lowest BCUT2D eigenvalue weighted by Crippen LogP contribution is -2.33. The number of carbonyl (C=O) groups excluding carboxylic acids is 2. The molecule has 2 aromatic heterocycles. The van der Waals surface area contributed by atoms with Gasteiger partial charge in [0.25, 0.3) is 5.91 Å². The standard InChI is InChI=1S/C22H21N3O2S/c1-12(2)24-10-14-19-15(6-4-7-17(19)24)23-16-11-25(13(3)26)22(27)21(16)20(14)18-8-5-9-28-18/h4-10,12,20,23H,11H2,1-3H3/t20-/m1/s1. The lowest BCUT2D eigenvalue weighted by atomic mass is 9.89. The maximum Gasteiger partial charge on any atom is 0.259 e. The Kier molecular flexibility index (Phi) is 3.74. The zero-order valence-electron chi connectivity index (χ0n) is 16.0. The third-order valence-electron chi connectivity index (χ3n) is 5.65. The summed E-state index contributed by atoms with van der Waals surface area (Å²) in [6, 6.07) is 10.6.